The summed E-state index contributed by atoms with van der Waals surface area (Å²) < 4.78 is 0. The first-order valence-electron chi connectivity index (χ1n) is 7.20. The van der Waals surface area contributed by atoms with E-state index in [1.807, 2.05) is 11.9 Å². The molecular formula is C14H26N2O. The Bertz CT molecular complexity index is 243. The molecule has 0 aromatic heterocycles. The highest BCUT2D eigenvalue weighted by atomic mass is 16.2. The largest absolute Gasteiger partial charge is 0.345 e. The molecule has 1 amide bonds. The minimum absolute atomic E-state index is 0.363. The van der Waals surface area contributed by atoms with Gasteiger partial charge >= 0.3 is 0 Å². The standard InChI is InChI=1S/C14H26N2O/c1-16(11-13-7-4-8-15-10-13)14(17)9-12-5-2-3-6-12/h12-13,15H,2-11H2,1H3. The SMILES string of the molecule is CN(CC1CCCNC1)C(=O)CC1CCCC1. The van der Waals surface area contributed by atoms with Gasteiger partial charge in [-0.2, -0.15) is 0 Å². The van der Waals surface area contributed by atoms with Gasteiger partial charge in [0.05, 0.1) is 0 Å². The van der Waals surface area contributed by atoms with Crippen LogP contribution in [0.2, 0.25) is 0 Å². The molecule has 1 saturated carbocycles. The molecule has 1 unspecified atom stereocenters. The molecule has 1 heterocycles. The Morgan fingerprint density at radius 2 is 1.88 bits per heavy atom. The van der Waals surface area contributed by atoms with Gasteiger partial charge in [-0.25, -0.2) is 0 Å². The Hall–Kier alpha value is -0.570. The number of hydrogen-bond acceptors (Lipinski definition) is 2. The van der Waals surface area contributed by atoms with E-state index >= 15 is 0 Å². The number of piperidine rings is 1. The third-order valence-electron chi connectivity index (χ3n) is 4.29. The van der Waals surface area contributed by atoms with E-state index in [9.17, 15) is 4.79 Å². The summed E-state index contributed by atoms with van der Waals surface area (Å²) in [5.41, 5.74) is 0. The zero-order valence-electron chi connectivity index (χ0n) is 11.1. The normalized spacial score (nSPS) is 26.1. The first-order chi connectivity index (χ1) is 8.25. The van der Waals surface area contributed by atoms with Crippen LogP contribution in [0.1, 0.15) is 44.9 Å². The van der Waals surface area contributed by atoms with E-state index in [0.29, 0.717) is 17.7 Å². The molecular weight excluding hydrogens is 212 g/mol. The second-order valence-electron chi connectivity index (χ2n) is 5.84. The maximum atomic E-state index is 12.1. The zero-order valence-corrected chi connectivity index (χ0v) is 11.1. The average Bonchev–Trinajstić information content (AvgIpc) is 2.83. The second kappa shape index (κ2) is 6.39. The highest BCUT2D eigenvalue weighted by Crippen LogP contribution is 2.28. The molecule has 0 radical (unpaired) electrons. The van der Waals surface area contributed by atoms with Gasteiger partial charge in [-0.05, 0) is 50.6 Å². The van der Waals surface area contributed by atoms with Gasteiger partial charge in [0, 0.05) is 20.0 Å². The van der Waals surface area contributed by atoms with E-state index in [4.69, 9.17) is 0 Å². The minimum atomic E-state index is 0.363. The summed E-state index contributed by atoms with van der Waals surface area (Å²) in [5, 5.41) is 3.41. The van der Waals surface area contributed by atoms with Crippen molar-refractivity contribution in [1.82, 2.24) is 10.2 Å². The smallest absolute Gasteiger partial charge is 0.222 e. The molecule has 0 spiro atoms. The predicted octanol–water partition coefficient (Wildman–Crippen LogP) is 2.02. The van der Waals surface area contributed by atoms with Crippen molar-refractivity contribution in [2.45, 2.75) is 44.9 Å². The van der Waals surface area contributed by atoms with Crippen molar-refractivity contribution in [2.75, 3.05) is 26.7 Å². The molecule has 2 aliphatic rings. The van der Waals surface area contributed by atoms with Crippen molar-refractivity contribution in [3.8, 4) is 0 Å². The lowest BCUT2D eigenvalue weighted by atomic mass is 9.98. The van der Waals surface area contributed by atoms with Crippen LogP contribution in [-0.2, 0) is 4.79 Å². The Labute approximate surface area is 105 Å². The number of nitrogens with zero attached hydrogens (tertiary/aromatic N) is 1. The second-order valence-corrected chi connectivity index (χ2v) is 5.84. The number of carbonyl (C=O) groups excluding carboxylic acids is 1. The lowest BCUT2D eigenvalue weighted by molar-refractivity contribution is -0.131. The lowest BCUT2D eigenvalue weighted by Gasteiger charge is -2.28. The molecule has 98 valence electrons. The monoisotopic (exact) mass is 238 g/mol. The molecule has 3 heteroatoms. The molecule has 17 heavy (non-hydrogen) atoms. The van der Waals surface area contributed by atoms with Gasteiger partial charge in [0.25, 0.3) is 0 Å². The van der Waals surface area contributed by atoms with Gasteiger partial charge in [0.15, 0.2) is 0 Å². The van der Waals surface area contributed by atoms with E-state index in [-0.39, 0.29) is 0 Å². The summed E-state index contributed by atoms with van der Waals surface area (Å²) in [7, 11) is 1.98. The first kappa shape index (κ1) is 12.9. The Morgan fingerprint density at radius 1 is 1.18 bits per heavy atom. The fraction of sp³-hybridized carbons (Fsp3) is 0.929. The molecule has 1 saturated heterocycles. The number of amides is 1. The van der Waals surface area contributed by atoms with E-state index in [2.05, 4.69) is 5.32 Å². The van der Waals surface area contributed by atoms with Crippen LogP contribution in [0.15, 0.2) is 0 Å². The van der Waals surface area contributed by atoms with Crippen LogP contribution in [0, 0.1) is 11.8 Å². The van der Waals surface area contributed by atoms with E-state index < -0.39 is 0 Å². The first-order valence-corrected chi connectivity index (χ1v) is 7.20. The van der Waals surface area contributed by atoms with E-state index in [1.165, 1.54) is 38.5 Å². The molecule has 1 N–H and O–H groups in total. The third-order valence-corrected chi connectivity index (χ3v) is 4.29. The van der Waals surface area contributed by atoms with Crippen molar-refractivity contribution in [3.63, 3.8) is 0 Å². The van der Waals surface area contributed by atoms with Gasteiger partial charge < -0.3 is 10.2 Å². The molecule has 0 bridgehead atoms. The van der Waals surface area contributed by atoms with Crippen molar-refractivity contribution in [2.24, 2.45) is 11.8 Å². The molecule has 1 aliphatic carbocycles. The van der Waals surface area contributed by atoms with Crippen molar-refractivity contribution in [3.05, 3.63) is 0 Å². The van der Waals surface area contributed by atoms with Crippen molar-refractivity contribution < 1.29 is 4.79 Å². The van der Waals surface area contributed by atoms with Crippen molar-refractivity contribution >= 4 is 5.91 Å². The van der Waals surface area contributed by atoms with Crippen LogP contribution < -0.4 is 5.32 Å². The van der Waals surface area contributed by atoms with Crippen LogP contribution >= 0.6 is 0 Å². The summed E-state index contributed by atoms with van der Waals surface area (Å²) in [5.74, 6) is 1.71. The summed E-state index contributed by atoms with van der Waals surface area (Å²) in [6.07, 6.45) is 8.51. The maximum Gasteiger partial charge on any atom is 0.222 e. The third kappa shape index (κ3) is 3.98. The zero-order chi connectivity index (χ0) is 12.1. The van der Waals surface area contributed by atoms with Crippen LogP contribution in [0.4, 0.5) is 0 Å². The molecule has 1 atom stereocenters. The summed E-state index contributed by atoms with van der Waals surface area (Å²) in [6.45, 7) is 3.18. The van der Waals surface area contributed by atoms with Gasteiger partial charge in [-0.15, -0.1) is 0 Å². The number of carbonyl (C=O) groups is 1. The van der Waals surface area contributed by atoms with Crippen LogP contribution in [0.5, 0.6) is 0 Å². The van der Waals surface area contributed by atoms with E-state index in [1.54, 1.807) is 0 Å². The van der Waals surface area contributed by atoms with Gasteiger partial charge in [-0.3, -0.25) is 4.79 Å². The molecule has 0 aromatic rings. The van der Waals surface area contributed by atoms with Crippen LogP contribution in [0.3, 0.4) is 0 Å². The minimum Gasteiger partial charge on any atom is -0.345 e. The van der Waals surface area contributed by atoms with Crippen LogP contribution in [-0.4, -0.2) is 37.5 Å². The predicted molar refractivity (Wildman–Crippen MR) is 69.8 cm³/mol. The lowest BCUT2D eigenvalue weighted by Crippen LogP contribution is -2.39. The summed E-state index contributed by atoms with van der Waals surface area (Å²) in [4.78, 5) is 14.0. The summed E-state index contributed by atoms with van der Waals surface area (Å²) >= 11 is 0. The fourth-order valence-corrected chi connectivity index (χ4v) is 3.19. The summed E-state index contributed by atoms with van der Waals surface area (Å²) in [6, 6.07) is 0. The number of rotatable bonds is 4. The molecule has 2 fully saturated rings. The average molecular weight is 238 g/mol. The maximum absolute atomic E-state index is 12.1. The Kier molecular flexibility index (Phi) is 4.84. The Balaban J connectivity index is 1.70. The molecule has 1 aliphatic heterocycles. The van der Waals surface area contributed by atoms with Gasteiger partial charge in [-0.1, -0.05) is 12.8 Å². The highest BCUT2D eigenvalue weighted by Gasteiger charge is 2.22. The van der Waals surface area contributed by atoms with Gasteiger partial charge in [0.1, 0.15) is 0 Å². The fourth-order valence-electron chi connectivity index (χ4n) is 3.19. The molecule has 3 nitrogen and oxygen atoms in total. The topological polar surface area (TPSA) is 32.3 Å². The quantitative estimate of drug-likeness (QED) is 0.812. The molecule has 2 rings (SSSR count). The van der Waals surface area contributed by atoms with Crippen molar-refractivity contribution in [1.29, 1.82) is 0 Å². The highest BCUT2D eigenvalue weighted by molar-refractivity contribution is 5.76. The number of hydrogen-bond donors (Lipinski definition) is 1. The Morgan fingerprint density at radius 3 is 2.53 bits per heavy atom. The number of nitrogens with one attached hydrogen (secondary N) is 1. The van der Waals surface area contributed by atoms with Gasteiger partial charge in [0.2, 0.25) is 5.91 Å². The van der Waals surface area contributed by atoms with E-state index in [0.717, 1.165) is 26.1 Å². The molecule has 0 aromatic carbocycles. The van der Waals surface area contributed by atoms with Crippen LogP contribution in [0.25, 0.3) is 0 Å².